The van der Waals surface area contributed by atoms with Gasteiger partial charge in [-0.3, -0.25) is 0 Å². The maximum atomic E-state index is 13.0. The molecule has 2 rings (SSSR count). The zero-order valence-electron chi connectivity index (χ0n) is 7.94. The highest BCUT2D eigenvalue weighted by Crippen LogP contribution is 2.29. The Labute approximate surface area is 86.8 Å². The zero-order valence-corrected chi connectivity index (χ0v) is 7.94. The first-order chi connectivity index (χ1) is 7.16. The van der Waals surface area contributed by atoms with Gasteiger partial charge in [-0.1, -0.05) is 12.1 Å². The van der Waals surface area contributed by atoms with Crippen molar-refractivity contribution in [1.29, 1.82) is 0 Å². The Hall–Kier alpha value is -2.03. The van der Waals surface area contributed by atoms with Crippen molar-refractivity contribution in [1.82, 2.24) is 0 Å². The smallest absolute Gasteiger partial charge is 0.123 e. The lowest BCUT2D eigenvalue weighted by Gasteiger charge is -2.06. The lowest BCUT2D eigenvalue weighted by Crippen LogP contribution is -1.89. The van der Waals surface area contributed by atoms with Gasteiger partial charge in [-0.05, 0) is 35.9 Å². The summed E-state index contributed by atoms with van der Waals surface area (Å²) in [5, 5.41) is 9.32. The Morgan fingerprint density at radius 2 is 1.87 bits per heavy atom. The van der Waals surface area contributed by atoms with Crippen LogP contribution in [0.5, 0.6) is 5.75 Å². The minimum absolute atomic E-state index is 0.114. The standard InChI is InChI=1S/C12H10FNO/c13-9-3-1-2-8(6-9)11-7-10(15)4-5-12(11)14/h1-7,15H,14H2. The molecule has 0 aliphatic carbocycles. The predicted octanol–water partition coefficient (Wildman–Crippen LogP) is 2.78. The van der Waals surface area contributed by atoms with Crippen molar-refractivity contribution in [2.75, 3.05) is 5.73 Å². The van der Waals surface area contributed by atoms with Crippen LogP contribution >= 0.6 is 0 Å². The van der Waals surface area contributed by atoms with Crippen LogP contribution in [0.25, 0.3) is 11.1 Å². The summed E-state index contributed by atoms with van der Waals surface area (Å²) in [5.74, 6) is -0.210. The normalized spacial score (nSPS) is 10.2. The van der Waals surface area contributed by atoms with Crippen molar-refractivity contribution < 1.29 is 9.50 Å². The number of nitrogen functional groups attached to an aromatic ring is 1. The van der Waals surface area contributed by atoms with E-state index in [1.54, 1.807) is 18.2 Å². The number of hydrogen-bond donors (Lipinski definition) is 2. The molecule has 2 nitrogen and oxygen atoms in total. The second kappa shape index (κ2) is 3.61. The van der Waals surface area contributed by atoms with Gasteiger partial charge in [0.25, 0.3) is 0 Å². The molecule has 0 unspecified atom stereocenters. The van der Waals surface area contributed by atoms with Gasteiger partial charge in [0.05, 0.1) is 0 Å². The Morgan fingerprint density at radius 1 is 1.07 bits per heavy atom. The molecule has 0 radical (unpaired) electrons. The highest BCUT2D eigenvalue weighted by molar-refractivity contribution is 5.77. The summed E-state index contributed by atoms with van der Waals surface area (Å²) in [5.41, 5.74) is 7.54. The molecule has 0 fully saturated rings. The zero-order chi connectivity index (χ0) is 10.8. The number of aromatic hydroxyl groups is 1. The number of phenolic OH excluding ortho intramolecular Hbond substituents is 1. The SMILES string of the molecule is Nc1ccc(O)cc1-c1cccc(F)c1. The van der Waals surface area contributed by atoms with Gasteiger partial charge >= 0.3 is 0 Å². The number of rotatable bonds is 1. The average Bonchev–Trinajstić information content (AvgIpc) is 2.22. The first-order valence-electron chi connectivity index (χ1n) is 4.51. The summed E-state index contributed by atoms with van der Waals surface area (Å²) < 4.78 is 13.0. The molecule has 15 heavy (non-hydrogen) atoms. The third kappa shape index (κ3) is 1.91. The van der Waals surface area contributed by atoms with E-state index in [1.807, 2.05) is 0 Å². The lowest BCUT2D eigenvalue weighted by atomic mass is 10.0. The molecule has 0 spiro atoms. The molecule has 0 bridgehead atoms. The van der Waals surface area contributed by atoms with Crippen LogP contribution in [0, 0.1) is 5.82 Å². The molecule has 0 saturated carbocycles. The molecule has 0 amide bonds. The van der Waals surface area contributed by atoms with E-state index >= 15 is 0 Å². The highest BCUT2D eigenvalue weighted by Gasteiger charge is 2.04. The van der Waals surface area contributed by atoms with E-state index in [2.05, 4.69) is 0 Å². The molecule has 0 aliphatic heterocycles. The van der Waals surface area contributed by atoms with Crippen molar-refractivity contribution in [2.45, 2.75) is 0 Å². The van der Waals surface area contributed by atoms with Gasteiger partial charge in [0, 0.05) is 11.3 Å². The van der Waals surface area contributed by atoms with E-state index in [-0.39, 0.29) is 11.6 Å². The topological polar surface area (TPSA) is 46.2 Å². The Balaban J connectivity index is 2.58. The number of halogens is 1. The van der Waals surface area contributed by atoms with E-state index in [0.717, 1.165) is 0 Å². The second-order valence-corrected chi connectivity index (χ2v) is 3.28. The van der Waals surface area contributed by atoms with Crippen molar-refractivity contribution in [2.24, 2.45) is 0 Å². The van der Waals surface area contributed by atoms with E-state index in [0.29, 0.717) is 16.8 Å². The molecule has 3 N–H and O–H groups in total. The van der Waals surface area contributed by atoms with Crippen LogP contribution in [-0.2, 0) is 0 Å². The van der Waals surface area contributed by atoms with E-state index in [9.17, 15) is 9.50 Å². The van der Waals surface area contributed by atoms with Crippen LogP contribution in [0.15, 0.2) is 42.5 Å². The third-order valence-electron chi connectivity index (χ3n) is 2.17. The van der Waals surface area contributed by atoms with Gasteiger partial charge in [0.2, 0.25) is 0 Å². The van der Waals surface area contributed by atoms with Gasteiger partial charge in [-0.2, -0.15) is 0 Å². The van der Waals surface area contributed by atoms with Gasteiger partial charge in [-0.15, -0.1) is 0 Å². The van der Waals surface area contributed by atoms with E-state index < -0.39 is 0 Å². The monoisotopic (exact) mass is 203 g/mol. The molecular formula is C12H10FNO. The second-order valence-electron chi connectivity index (χ2n) is 3.28. The summed E-state index contributed by atoms with van der Waals surface area (Å²) in [7, 11) is 0. The minimum Gasteiger partial charge on any atom is -0.508 e. The largest absolute Gasteiger partial charge is 0.508 e. The Morgan fingerprint density at radius 3 is 2.60 bits per heavy atom. The van der Waals surface area contributed by atoms with Gasteiger partial charge in [-0.25, -0.2) is 4.39 Å². The number of benzene rings is 2. The van der Waals surface area contributed by atoms with Crippen molar-refractivity contribution >= 4 is 5.69 Å². The average molecular weight is 203 g/mol. The van der Waals surface area contributed by atoms with Gasteiger partial charge < -0.3 is 10.8 Å². The molecule has 76 valence electrons. The van der Waals surface area contributed by atoms with Crippen molar-refractivity contribution in [3.8, 4) is 16.9 Å². The Kier molecular flexibility index (Phi) is 2.29. The number of phenols is 1. The van der Waals surface area contributed by atoms with Crippen molar-refractivity contribution in [3.05, 3.63) is 48.3 Å². The van der Waals surface area contributed by atoms with Crippen LogP contribution in [0.4, 0.5) is 10.1 Å². The van der Waals surface area contributed by atoms with Gasteiger partial charge in [0.1, 0.15) is 11.6 Å². The number of anilines is 1. The molecule has 0 atom stereocenters. The molecule has 0 aromatic heterocycles. The summed E-state index contributed by atoms with van der Waals surface area (Å²) in [6.07, 6.45) is 0. The fraction of sp³-hybridized carbons (Fsp3) is 0. The molecular weight excluding hydrogens is 193 g/mol. The summed E-state index contributed by atoms with van der Waals surface area (Å²) in [4.78, 5) is 0. The molecule has 2 aromatic carbocycles. The molecule has 2 aromatic rings. The van der Waals surface area contributed by atoms with Crippen LogP contribution in [0.3, 0.4) is 0 Å². The molecule has 0 saturated heterocycles. The van der Waals surface area contributed by atoms with Crippen molar-refractivity contribution in [3.63, 3.8) is 0 Å². The molecule has 0 aliphatic rings. The lowest BCUT2D eigenvalue weighted by molar-refractivity contribution is 0.475. The number of hydrogen-bond acceptors (Lipinski definition) is 2. The first kappa shape index (κ1) is 9.52. The van der Waals surface area contributed by atoms with Crippen LogP contribution in [-0.4, -0.2) is 5.11 Å². The van der Waals surface area contributed by atoms with Gasteiger partial charge in [0.15, 0.2) is 0 Å². The third-order valence-corrected chi connectivity index (χ3v) is 2.17. The summed E-state index contributed by atoms with van der Waals surface area (Å²) >= 11 is 0. The van der Waals surface area contributed by atoms with E-state index in [4.69, 9.17) is 5.73 Å². The maximum Gasteiger partial charge on any atom is 0.123 e. The quantitative estimate of drug-likeness (QED) is 0.553. The fourth-order valence-electron chi connectivity index (χ4n) is 1.45. The molecule has 0 heterocycles. The summed E-state index contributed by atoms with van der Waals surface area (Å²) in [6.45, 7) is 0. The predicted molar refractivity (Wildman–Crippen MR) is 57.9 cm³/mol. The molecule has 3 heteroatoms. The maximum absolute atomic E-state index is 13.0. The van der Waals surface area contributed by atoms with Crippen LogP contribution in [0.2, 0.25) is 0 Å². The minimum atomic E-state index is -0.324. The van der Waals surface area contributed by atoms with Crippen LogP contribution < -0.4 is 5.73 Å². The van der Waals surface area contributed by atoms with Crippen LogP contribution in [0.1, 0.15) is 0 Å². The first-order valence-corrected chi connectivity index (χ1v) is 4.51. The summed E-state index contributed by atoms with van der Waals surface area (Å²) in [6, 6.07) is 10.7. The Bertz CT molecular complexity index is 497. The van der Waals surface area contributed by atoms with E-state index in [1.165, 1.54) is 24.3 Å². The highest BCUT2D eigenvalue weighted by atomic mass is 19.1. The number of nitrogens with two attached hydrogens (primary N) is 1. The fourth-order valence-corrected chi connectivity index (χ4v) is 1.45.